The summed E-state index contributed by atoms with van der Waals surface area (Å²) < 4.78 is 5.26. The highest BCUT2D eigenvalue weighted by Crippen LogP contribution is 2.18. The summed E-state index contributed by atoms with van der Waals surface area (Å²) in [6, 6.07) is 11.4. The summed E-state index contributed by atoms with van der Waals surface area (Å²) in [6.07, 6.45) is 1.30. The van der Waals surface area contributed by atoms with Crippen LogP contribution in [0.2, 0.25) is 0 Å². The Morgan fingerprint density at radius 1 is 1.16 bits per heavy atom. The molecular weight excluding hydrogens is 258 g/mol. The Labute approximate surface area is 117 Å². The number of benzene rings is 1. The van der Waals surface area contributed by atoms with Crippen LogP contribution >= 0.6 is 11.3 Å². The Morgan fingerprint density at radius 2 is 1.84 bits per heavy atom. The second kappa shape index (κ2) is 6.38. The van der Waals surface area contributed by atoms with Gasteiger partial charge in [0.25, 0.3) is 0 Å². The number of thiophene rings is 1. The fourth-order valence-electron chi connectivity index (χ4n) is 1.69. The molecule has 1 aromatic carbocycles. The molecule has 0 unspecified atom stereocenters. The van der Waals surface area contributed by atoms with Gasteiger partial charge in [-0.3, -0.25) is 4.79 Å². The third kappa shape index (κ3) is 4.10. The lowest BCUT2D eigenvalue weighted by Crippen LogP contribution is -2.07. The first kappa shape index (κ1) is 13.6. The Balaban J connectivity index is 1.82. The highest BCUT2D eigenvalue weighted by molar-refractivity contribution is 7.11. The van der Waals surface area contributed by atoms with Gasteiger partial charge in [0.2, 0.25) is 0 Å². The van der Waals surface area contributed by atoms with E-state index < -0.39 is 0 Å². The molecule has 1 heterocycles. The van der Waals surface area contributed by atoms with E-state index in [1.807, 2.05) is 18.2 Å². The molecule has 19 heavy (non-hydrogen) atoms. The normalized spacial score (nSPS) is 10.4. The van der Waals surface area contributed by atoms with E-state index in [4.69, 9.17) is 10.5 Å². The molecule has 0 saturated carbocycles. The zero-order valence-electron chi connectivity index (χ0n) is 10.9. The standard InChI is InChI=1S/C15H17NO2S/c1-2-13-7-8-14(19-13)10-18-15(17)9-11-3-5-12(16)6-4-11/h3-8H,2,9-10,16H2,1H3. The maximum atomic E-state index is 11.7. The van der Waals surface area contributed by atoms with Crippen molar-refractivity contribution in [1.29, 1.82) is 0 Å². The van der Waals surface area contributed by atoms with E-state index in [2.05, 4.69) is 13.0 Å². The van der Waals surface area contributed by atoms with Gasteiger partial charge >= 0.3 is 5.97 Å². The van der Waals surface area contributed by atoms with Gasteiger partial charge in [-0.1, -0.05) is 19.1 Å². The minimum absolute atomic E-state index is 0.212. The van der Waals surface area contributed by atoms with Crippen LogP contribution in [-0.2, 0) is 29.0 Å². The summed E-state index contributed by atoms with van der Waals surface area (Å²) in [5.74, 6) is -0.212. The van der Waals surface area contributed by atoms with Crippen molar-refractivity contribution in [2.75, 3.05) is 5.73 Å². The van der Waals surface area contributed by atoms with Crippen LogP contribution in [0.25, 0.3) is 0 Å². The van der Waals surface area contributed by atoms with Crippen LogP contribution in [0.15, 0.2) is 36.4 Å². The predicted molar refractivity (Wildman–Crippen MR) is 78.1 cm³/mol. The molecule has 0 aliphatic heterocycles. The number of nitrogens with two attached hydrogens (primary N) is 1. The molecule has 3 nitrogen and oxygen atoms in total. The van der Waals surface area contributed by atoms with Gasteiger partial charge in [0, 0.05) is 15.4 Å². The quantitative estimate of drug-likeness (QED) is 0.673. The van der Waals surface area contributed by atoms with E-state index in [9.17, 15) is 4.79 Å². The molecule has 0 aliphatic rings. The Hall–Kier alpha value is -1.81. The minimum Gasteiger partial charge on any atom is -0.460 e. The lowest BCUT2D eigenvalue weighted by Gasteiger charge is -2.03. The molecule has 1 aromatic heterocycles. The number of ether oxygens (including phenoxy) is 1. The molecular formula is C15H17NO2S. The van der Waals surface area contributed by atoms with Crippen molar-refractivity contribution in [2.45, 2.75) is 26.4 Å². The second-order valence-electron chi connectivity index (χ2n) is 4.30. The molecule has 0 fully saturated rings. The van der Waals surface area contributed by atoms with Gasteiger partial charge in [-0.15, -0.1) is 11.3 Å². The highest BCUT2D eigenvalue weighted by atomic mass is 32.1. The highest BCUT2D eigenvalue weighted by Gasteiger charge is 2.06. The van der Waals surface area contributed by atoms with Crippen molar-refractivity contribution >= 4 is 23.0 Å². The Kier molecular flexibility index (Phi) is 4.58. The third-order valence-electron chi connectivity index (χ3n) is 2.77. The van der Waals surface area contributed by atoms with Crippen LogP contribution in [0.1, 0.15) is 22.2 Å². The lowest BCUT2D eigenvalue weighted by atomic mass is 10.1. The molecule has 0 spiro atoms. The smallest absolute Gasteiger partial charge is 0.310 e. The molecule has 0 atom stereocenters. The number of anilines is 1. The average molecular weight is 275 g/mol. The topological polar surface area (TPSA) is 52.3 Å². The Morgan fingerprint density at radius 3 is 2.47 bits per heavy atom. The third-order valence-corrected chi connectivity index (χ3v) is 3.97. The number of hydrogen-bond acceptors (Lipinski definition) is 4. The van der Waals surface area contributed by atoms with Crippen molar-refractivity contribution in [2.24, 2.45) is 0 Å². The van der Waals surface area contributed by atoms with Gasteiger partial charge in [-0.05, 0) is 36.2 Å². The van der Waals surface area contributed by atoms with Gasteiger partial charge in [-0.2, -0.15) is 0 Å². The van der Waals surface area contributed by atoms with Gasteiger partial charge in [0.05, 0.1) is 6.42 Å². The van der Waals surface area contributed by atoms with Crippen molar-refractivity contribution in [3.8, 4) is 0 Å². The van der Waals surface area contributed by atoms with Crippen LogP contribution < -0.4 is 5.73 Å². The van der Waals surface area contributed by atoms with Crippen molar-refractivity contribution in [1.82, 2.24) is 0 Å². The lowest BCUT2D eigenvalue weighted by molar-refractivity contribution is -0.144. The van der Waals surface area contributed by atoms with Gasteiger partial charge in [0.1, 0.15) is 6.61 Å². The molecule has 0 radical (unpaired) electrons. The number of esters is 1. The average Bonchev–Trinajstić information content (AvgIpc) is 2.87. The predicted octanol–water partition coefficient (Wildman–Crippen LogP) is 3.18. The number of nitrogen functional groups attached to an aromatic ring is 1. The number of aryl methyl sites for hydroxylation is 1. The minimum atomic E-state index is -0.212. The number of rotatable bonds is 5. The van der Waals surface area contributed by atoms with E-state index in [-0.39, 0.29) is 12.4 Å². The fraction of sp³-hybridized carbons (Fsp3) is 0.267. The van der Waals surface area contributed by atoms with E-state index in [0.717, 1.165) is 16.9 Å². The zero-order valence-corrected chi connectivity index (χ0v) is 11.7. The van der Waals surface area contributed by atoms with Gasteiger partial charge < -0.3 is 10.5 Å². The summed E-state index contributed by atoms with van der Waals surface area (Å²) >= 11 is 1.69. The van der Waals surface area contributed by atoms with Gasteiger partial charge in [0.15, 0.2) is 0 Å². The van der Waals surface area contributed by atoms with E-state index >= 15 is 0 Å². The number of carbonyl (C=O) groups excluding carboxylic acids is 1. The zero-order chi connectivity index (χ0) is 13.7. The first-order valence-corrected chi connectivity index (χ1v) is 7.06. The molecule has 2 rings (SSSR count). The largest absolute Gasteiger partial charge is 0.460 e. The summed E-state index contributed by atoms with van der Waals surface area (Å²) in [7, 11) is 0. The van der Waals surface area contributed by atoms with Crippen molar-refractivity contribution in [3.05, 3.63) is 51.7 Å². The molecule has 0 saturated heterocycles. The summed E-state index contributed by atoms with van der Waals surface area (Å²) in [6.45, 7) is 2.47. The molecule has 100 valence electrons. The monoisotopic (exact) mass is 275 g/mol. The van der Waals surface area contributed by atoms with E-state index in [0.29, 0.717) is 12.3 Å². The maximum absolute atomic E-state index is 11.7. The molecule has 2 aromatic rings. The first-order valence-electron chi connectivity index (χ1n) is 6.25. The molecule has 0 amide bonds. The SMILES string of the molecule is CCc1ccc(COC(=O)Cc2ccc(N)cc2)s1. The number of hydrogen-bond donors (Lipinski definition) is 1. The van der Waals surface area contributed by atoms with E-state index in [1.54, 1.807) is 23.5 Å². The molecule has 2 N–H and O–H groups in total. The van der Waals surface area contributed by atoms with Crippen LogP contribution in [-0.4, -0.2) is 5.97 Å². The summed E-state index contributed by atoms with van der Waals surface area (Å²) in [5, 5.41) is 0. The molecule has 4 heteroatoms. The van der Waals surface area contributed by atoms with Crippen LogP contribution in [0.4, 0.5) is 5.69 Å². The van der Waals surface area contributed by atoms with E-state index in [1.165, 1.54) is 4.88 Å². The van der Waals surface area contributed by atoms with Crippen LogP contribution in [0, 0.1) is 0 Å². The van der Waals surface area contributed by atoms with Crippen LogP contribution in [0.5, 0.6) is 0 Å². The fourth-order valence-corrected chi connectivity index (χ4v) is 2.57. The molecule has 0 bridgehead atoms. The molecule has 0 aliphatic carbocycles. The Bertz CT molecular complexity index is 546. The van der Waals surface area contributed by atoms with Crippen molar-refractivity contribution in [3.63, 3.8) is 0 Å². The summed E-state index contributed by atoms with van der Waals surface area (Å²) in [5.41, 5.74) is 7.21. The second-order valence-corrected chi connectivity index (χ2v) is 5.55. The van der Waals surface area contributed by atoms with Crippen molar-refractivity contribution < 1.29 is 9.53 Å². The maximum Gasteiger partial charge on any atom is 0.310 e. The van der Waals surface area contributed by atoms with Gasteiger partial charge in [-0.25, -0.2) is 0 Å². The van der Waals surface area contributed by atoms with Crippen LogP contribution in [0.3, 0.4) is 0 Å². The first-order chi connectivity index (χ1) is 9.17. The summed E-state index contributed by atoms with van der Waals surface area (Å²) in [4.78, 5) is 14.1. The number of carbonyl (C=O) groups is 1.